The first-order chi connectivity index (χ1) is 9.22. The van der Waals surface area contributed by atoms with Crippen LogP contribution >= 0.6 is 0 Å². The van der Waals surface area contributed by atoms with Crippen molar-refractivity contribution < 1.29 is 4.79 Å². The standard InChI is InChI=1S/C14H22N4O/c1-3-5-11-6-14(19)18(9-11)10-12-7-17-13(8-16-12)15-4-2/h7-8,11H,3-6,9-10H2,1-2H3,(H,15,17). The van der Waals surface area contributed by atoms with Crippen LogP contribution in [0.1, 0.15) is 38.8 Å². The van der Waals surface area contributed by atoms with Gasteiger partial charge in [0, 0.05) is 19.5 Å². The molecule has 0 bridgehead atoms. The van der Waals surface area contributed by atoms with Crippen LogP contribution in [-0.2, 0) is 11.3 Å². The molecule has 1 atom stereocenters. The number of nitrogens with one attached hydrogen (secondary N) is 1. The average Bonchev–Trinajstić information content (AvgIpc) is 2.73. The molecule has 0 aromatic carbocycles. The maximum Gasteiger partial charge on any atom is 0.223 e. The van der Waals surface area contributed by atoms with Crippen LogP contribution in [-0.4, -0.2) is 33.9 Å². The normalized spacial score (nSPS) is 18.9. The van der Waals surface area contributed by atoms with E-state index < -0.39 is 0 Å². The lowest BCUT2D eigenvalue weighted by Gasteiger charge is -2.16. The fourth-order valence-electron chi connectivity index (χ4n) is 2.51. The summed E-state index contributed by atoms with van der Waals surface area (Å²) in [5.41, 5.74) is 0.854. The van der Waals surface area contributed by atoms with Crippen molar-refractivity contribution in [3.63, 3.8) is 0 Å². The molecule has 2 heterocycles. The molecule has 0 spiro atoms. The number of nitrogens with zero attached hydrogens (tertiary/aromatic N) is 3. The Bertz CT molecular complexity index is 418. The topological polar surface area (TPSA) is 58.1 Å². The Labute approximate surface area is 114 Å². The molecule has 1 amide bonds. The molecule has 1 unspecified atom stereocenters. The quantitative estimate of drug-likeness (QED) is 0.852. The van der Waals surface area contributed by atoms with Crippen LogP contribution in [0.5, 0.6) is 0 Å². The second-order valence-corrected chi connectivity index (χ2v) is 5.06. The second kappa shape index (κ2) is 6.50. The van der Waals surface area contributed by atoms with Crippen molar-refractivity contribution in [2.45, 2.75) is 39.7 Å². The van der Waals surface area contributed by atoms with Gasteiger partial charge in [-0.15, -0.1) is 0 Å². The minimum absolute atomic E-state index is 0.246. The maximum absolute atomic E-state index is 11.9. The molecule has 0 saturated carbocycles. The average molecular weight is 262 g/mol. The van der Waals surface area contributed by atoms with Crippen LogP contribution in [0.2, 0.25) is 0 Å². The number of amides is 1. The van der Waals surface area contributed by atoms with E-state index in [1.54, 1.807) is 12.4 Å². The predicted molar refractivity (Wildman–Crippen MR) is 74.6 cm³/mol. The van der Waals surface area contributed by atoms with Crippen molar-refractivity contribution in [2.24, 2.45) is 5.92 Å². The van der Waals surface area contributed by atoms with Crippen molar-refractivity contribution in [2.75, 3.05) is 18.4 Å². The summed E-state index contributed by atoms with van der Waals surface area (Å²) in [6.07, 6.45) is 6.44. The number of anilines is 1. The first-order valence-electron chi connectivity index (χ1n) is 7.05. The Balaban J connectivity index is 1.92. The number of aromatic nitrogens is 2. The van der Waals surface area contributed by atoms with Gasteiger partial charge in [0.15, 0.2) is 0 Å². The van der Waals surface area contributed by atoms with E-state index >= 15 is 0 Å². The van der Waals surface area contributed by atoms with Gasteiger partial charge in [0.25, 0.3) is 0 Å². The summed E-state index contributed by atoms with van der Waals surface area (Å²) in [5.74, 6) is 1.55. The number of carbonyl (C=O) groups is 1. The molecule has 5 nitrogen and oxygen atoms in total. The van der Waals surface area contributed by atoms with Crippen molar-refractivity contribution >= 4 is 11.7 Å². The number of carbonyl (C=O) groups excluding carboxylic acids is 1. The largest absolute Gasteiger partial charge is 0.369 e. The van der Waals surface area contributed by atoms with E-state index in [1.807, 2.05) is 11.8 Å². The molecule has 2 rings (SSSR count). The fourth-order valence-corrected chi connectivity index (χ4v) is 2.51. The van der Waals surface area contributed by atoms with Gasteiger partial charge < -0.3 is 10.2 Å². The molecule has 1 aliphatic heterocycles. The molecule has 0 radical (unpaired) electrons. The van der Waals surface area contributed by atoms with Crippen LogP contribution in [0, 0.1) is 5.92 Å². The Hall–Kier alpha value is -1.65. The summed E-state index contributed by atoms with van der Waals surface area (Å²) in [6.45, 7) is 6.46. The number of rotatable bonds is 6. The van der Waals surface area contributed by atoms with Gasteiger partial charge in [0.05, 0.1) is 24.6 Å². The van der Waals surface area contributed by atoms with E-state index in [2.05, 4.69) is 22.2 Å². The Kier molecular flexibility index (Phi) is 4.71. The van der Waals surface area contributed by atoms with E-state index in [-0.39, 0.29) is 5.91 Å². The van der Waals surface area contributed by atoms with Gasteiger partial charge in [-0.25, -0.2) is 4.98 Å². The SMILES string of the molecule is CCCC1CC(=O)N(Cc2cnc(NCC)cn2)C1. The van der Waals surface area contributed by atoms with Crippen molar-refractivity contribution in [1.29, 1.82) is 0 Å². The van der Waals surface area contributed by atoms with E-state index in [0.29, 0.717) is 18.9 Å². The highest BCUT2D eigenvalue weighted by Crippen LogP contribution is 2.23. The zero-order valence-corrected chi connectivity index (χ0v) is 11.7. The molecule has 1 aromatic rings. The maximum atomic E-state index is 11.9. The third-order valence-corrected chi connectivity index (χ3v) is 3.41. The number of hydrogen-bond donors (Lipinski definition) is 1. The fraction of sp³-hybridized carbons (Fsp3) is 0.643. The molecule has 19 heavy (non-hydrogen) atoms. The monoisotopic (exact) mass is 262 g/mol. The van der Waals surface area contributed by atoms with Gasteiger partial charge in [0.2, 0.25) is 5.91 Å². The molecule has 1 aliphatic rings. The summed E-state index contributed by atoms with van der Waals surface area (Å²) in [4.78, 5) is 22.4. The zero-order valence-electron chi connectivity index (χ0n) is 11.7. The van der Waals surface area contributed by atoms with Gasteiger partial charge >= 0.3 is 0 Å². The lowest BCUT2D eigenvalue weighted by atomic mass is 10.0. The highest BCUT2D eigenvalue weighted by molar-refractivity contribution is 5.78. The van der Waals surface area contributed by atoms with E-state index in [9.17, 15) is 4.79 Å². The highest BCUT2D eigenvalue weighted by Gasteiger charge is 2.28. The predicted octanol–water partition coefficient (Wildman–Crippen LogP) is 2.06. The summed E-state index contributed by atoms with van der Waals surface area (Å²) in [7, 11) is 0. The summed E-state index contributed by atoms with van der Waals surface area (Å²) in [5, 5.41) is 3.11. The van der Waals surface area contributed by atoms with Crippen LogP contribution < -0.4 is 5.32 Å². The molecular formula is C14H22N4O. The second-order valence-electron chi connectivity index (χ2n) is 5.06. The van der Waals surface area contributed by atoms with Crippen molar-refractivity contribution in [3.05, 3.63) is 18.1 Å². The van der Waals surface area contributed by atoms with Crippen molar-refractivity contribution in [3.8, 4) is 0 Å². The molecule has 104 valence electrons. The number of hydrogen-bond acceptors (Lipinski definition) is 4. The molecule has 1 fully saturated rings. The molecule has 1 saturated heterocycles. The van der Waals surface area contributed by atoms with Gasteiger partial charge in [-0.05, 0) is 19.3 Å². The lowest BCUT2D eigenvalue weighted by Crippen LogP contribution is -2.25. The van der Waals surface area contributed by atoms with Gasteiger partial charge in [-0.1, -0.05) is 13.3 Å². The summed E-state index contributed by atoms with van der Waals surface area (Å²) < 4.78 is 0. The van der Waals surface area contributed by atoms with Gasteiger partial charge in [-0.3, -0.25) is 9.78 Å². The molecule has 1 aromatic heterocycles. The minimum atomic E-state index is 0.246. The molecule has 5 heteroatoms. The van der Waals surface area contributed by atoms with Crippen LogP contribution in [0.15, 0.2) is 12.4 Å². The van der Waals surface area contributed by atoms with Crippen LogP contribution in [0.25, 0.3) is 0 Å². The van der Waals surface area contributed by atoms with Crippen LogP contribution in [0.4, 0.5) is 5.82 Å². The number of likely N-dealkylation sites (tertiary alicyclic amines) is 1. The molecular weight excluding hydrogens is 240 g/mol. The molecule has 0 aliphatic carbocycles. The first-order valence-corrected chi connectivity index (χ1v) is 7.05. The van der Waals surface area contributed by atoms with Crippen molar-refractivity contribution in [1.82, 2.24) is 14.9 Å². The minimum Gasteiger partial charge on any atom is -0.369 e. The van der Waals surface area contributed by atoms with Gasteiger partial charge in [0.1, 0.15) is 5.82 Å². The Morgan fingerprint density at radius 3 is 2.84 bits per heavy atom. The third-order valence-electron chi connectivity index (χ3n) is 3.41. The zero-order chi connectivity index (χ0) is 13.7. The van der Waals surface area contributed by atoms with Crippen LogP contribution in [0.3, 0.4) is 0 Å². The first kappa shape index (κ1) is 13.8. The Morgan fingerprint density at radius 1 is 1.37 bits per heavy atom. The third kappa shape index (κ3) is 3.66. The van der Waals surface area contributed by atoms with E-state index in [0.717, 1.165) is 37.4 Å². The Morgan fingerprint density at radius 2 is 2.21 bits per heavy atom. The summed E-state index contributed by atoms with van der Waals surface area (Å²) >= 11 is 0. The van der Waals surface area contributed by atoms with E-state index in [4.69, 9.17) is 0 Å². The van der Waals surface area contributed by atoms with Gasteiger partial charge in [-0.2, -0.15) is 0 Å². The van der Waals surface area contributed by atoms with E-state index in [1.165, 1.54) is 0 Å². The summed E-state index contributed by atoms with van der Waals surface area (Å²) in [6, 6.07) is 0. The highest BCUT2D eigenvalue weighted by atomic mass is 16.2. The smallest absolute Gasteiger partial charge is 0.223 e. The lowest BCUT2D eigenvalue weighted by molar-refractivity contribution is -0.128. The molecule has 1 N–H and O–H groups in total.